The summed E-state index contributed by atoms with van der Waals surface area (Å²) in [5.41, 5.74) is 1.46. The first-order valence-corrected chi connectivity index (χ1v) is 8.26. The Morgan fingerprint density at radius 2 is 1.85 bits per heavy atom. The number of nitrogens with one attached hydrogen (secondary N) is 1. The van der Waals surface area contributed by atoms with Gasteiger partial charge in [0.05, 0.1) is 11.7 Å². The lowest BCUT2D eigenvalue weighted by molar-refractivity contribution is -0.255. The number of anilines is 2. The van der Waals surface area contributed by atoms with Crippen LogP contribution in [-0.4, -0.2) is 17.8 Å². The summed E-state index contributed by atoms with van der Waals surface area (Å²) in [7, 11) is 0. The van der Waals surface area contributed by atoms with Gasteiger partial charge in [-0.3, -0.25) is 9.59 Å². The average molecular weight is 370 g/mol. The predicted octanol–water partition coefficient (Wildman–Crippen LogP) is 2.05. The molecule has 2 aromatic rings. The van der Waals surface area contributed by atoms with Crippen LogP contribution in [0.5, 0.6) is 0 Å². The third-order valence-electron chi connectivity index (χ3n) is 4.01. The second kappa shape index (κ2) is 7.01. The number of nitrogens with zero attached hydrogens (tertiary/aromatic N) is 1. The van der Waals surface area contributed by atoms with Crippen LogP contribution < -0.4 is 15.3 Å². The highest BCUT2D eigenvalue weighted by Crippen LogP contribution is 2.32. The first-order chi connectivity index (χ1) is 12.4. The number of hydrogen-bond acceptors (Lipinski definition) is 5. The van der Waals surface area contributed by atoms with Crippen LogP contribution in [0.1, 0.15) is 22.8 Å². The lowest BCUT2D eigenvalue weighted by atomic mass is 10.1. The first-order valence-electron chi connectivity index (χ1n) is 7.89. The maximum absolute atomic E-state index is 12.8. The molecule has 26 heavy (non-hydrogen) atoms. The summed E-state index contributed by atoms with van der Waals surface area (Å²) >= 11 is 6.09. The second-order valence-electron chi connectivity index (χ2n) is 5.61. The van der Waals surface area contributed by atoms with Crippen molar-refractivity contribution in [2.45, 2.75) is 13.3 Å². The van der Waals surface area contributed by atoms with Crippen molar-refractivity contribution in [2.75, 3.05) is 10.2 Å². The Bertz CT molecular complexity index is 952. The van der Waals surface area contributed by atoms with Gasteiger partial charge in [0.1, 0.15) is 10.7 Å². The lowest BCUT2D eigenvalue weighted by Crippen LogP contribution is -2.33. The minimum Gasteiger partial charge on any atom is -0.545 e. The fraction of sp³-hybridized carbons (Fsp3) is 0.105. The monoisotopic (exact) mass is 369 g/mol. The SMILES string of the molecule is CCc1ccccc1N1C(=O)C(Cl)=C(Nc2cccc(C(=O)[O-])c2)C1=O. The molecule has 1 aliphatic heterocycles. The van der Waals surface area contributed by atoms with Crippen LogP contribution in [0.4, 0.5) is 11.4 Å². The number of para-hydroxylation sites is 1. The summed E-state index contributed by atoms with van der Waals surface area (Å²) in [5, 5.41) is 13.5. The molecule has 0 atom stereocenters. The number of halogens is 1. The fourth-order valence-corrected chi connectivity index (χ4v) is 2.94. The average Bonchev–Trinajstić information content (AvgIpc) is 2.85. The van der Waals surface area contributed by atoms with Crippen LogP contribution in [0.25, 0.3) is 0 Å². The fourth-order valence-electron chi connectivity index (χ4n) is 2.73. The summed E-state index contributed by atoms with van der Waals surface area (Å²) in [4.78, 5) is 37.3. The van der Waals surface area contributed by atoms with Crippen molar-refractivity contribution >= 4 is 40.8 Å². The van der Waals surface area contributed by atoms with Crippen molar-refractivity contribution in [2.24, 2.45) is 0 Å². The van der Waals surface area contributed by atoms with Gasteiger partial charge >= 0.3 is 0 Å². The number of hydrogen-bond donors (Lipinski definition) is 1. The molecule has 0 bridgehead atoms. The van der Waals surface area contributed by atoms with Gasteiger partial charge in [-0.15, -0.1) is 0 Å². The number of rotatable bonds is 5. The number of carboxylic acids is 1. The van der Waals surface area contributed by atoms with E-state index < -0.39 is 17.8 Å². The Hall–Kier alpha value is -3.12. The van der Waals surface area contributed by atoms with Gasteiger partial charge in [-0.1, -0.05) is 48.9 Å². The molecule has 132 valence electrons. The van der Waals surface area contributed by atoms with Crippen molar-refractivity contribution in [1.82, 2.24) is 0 Å². The maximum Gasteiger partial charge on any atom is 0.283 e. The molecule has 7 heteroatoms. The molecular weight excluding hydrogens is 356 g/mol. The minimum absolute atomic E-state index is 0.0586. The van der Waals surface area contributed by atoms with Gasteiger partial charge < -0.3 is 15.2 Å². The lowest BCUT2D eigenvalue weighted by Gasteiger charge is -2.18. The minimum atomic E-state index is -1.35. The zero-order valence-electron chi connectivity index (χ0n) is 13.8. The van der Waals surface area contributed by atoms with E-state index in [0.29, 0.717) is 17.8 Å². The number of imide groups is 1. The summed E-state index contributed by atoms with van der Waals surface area (Å²) in [6, 6.07) is 12.8. The van der Waals surface area contributed by atoms with Crippen LogP contribution in [0, 0.1) is 0 Å². The largest absolute Gasteiger partial charge is 0.545 e. The van der Waals surface area contributed by atoms with Crippen LogP contribution in [-0.2, 0) is 16.0 Å². The Morgan fingerprint density at radius 3 is 2.54 bits per heavy atom. The molecule has 1 aliphatic rings. The molecular formula is C19H14ClN2O4-. The highest BCUT2D eigenvalue weighted by molar-refractivity contribution is 6.53. The molecule has 0 spiro atoms. The van der Waals surface area contributed by atoms with E-state index in [1.165, 1.54) is 18.2 Å². The normalized spacial score (nSPS) is 14.2. The molecule has 0 saturated heterocycles. The number of carboxylic acid groups (broad SMARTS) is 1. The van der Waals surface area contributed by atoms with Gasteiger partial charge in [-0.05, 0) is 35.7 Å². The van der Waals surface area contributed by atoms with Crippen molar-refractivity contribution < 1.29 is 19.5 Å². The molecule has 1 heterocycles. The standard InChI is InChI=1S/C19H15ClN2O4/c1-2-11-6-3-4-9-14(11)22-17(23)15(20)16(18(22)24)21-13-8-5-7-12(10-13)19(25)26/h3-10,21H,2H2,1H3,(H,25,26)/p-1. The van der Waals surface area contributed by atoms with Crippen LogP contribution in [0.2, 0.25) is 0 Å². The number of carbonyl (C=O) groups excluding carboxylic acids is 3. The van der Waals surface area contributed by atoms with Crippen molar-refractivity contribution in [3.05, 3.63) is 70.4 Å². The van der Waals surface area contributed by atoms with Gasteiger partial charge in [0, 0.05) is 5.69 Å². The number of carbonyl (C=O) groups is 3. The van der Waals surface area contributed by atoms with E-state index in [1.54, 1.807) is 18.2 Å². The molecule has 2 amide bonds. The number of aromatic carboxylic acids is 1. The molecule has 6 nitrogen and oxygen atoms in total. The predicted molar refractivity (Wildman–Crippen MR) is 95.6 cm³/mol. The number of amides is 2. The topological polar surface area (TPSA) is 89.5 Å². The second-order valence-corrected chi connectivity index (χ2v) is 5.99. The van der Waals surface area contributed by atoms with Crippen LogP contribution in [0.3, 0.4) is 0 Å². The highest BCUT2D eigenvalue weighted by atomic mass is 35.5. The zero-order valence-corrected chi connectivity index (χ0v) is 14.5. The van der Waals surface area contributed by atoms with Crippen molar-refractivity contribution in [3.63, 3.8) is 0 Å². The number of aryl methyl sites for hydroxylation is 1. The van der Waals surface area contributed by atoms with Gasteiger partial charge in [0.15, 0.2) is 0 Å². The van der Waals surface area contributed by atoms with E-state index in [1.807, 2.05) is 19.1 Å². The molecule has 2 aromatic carbocycles. The summed E-state index contributed by atoms with van der Waals surface area (Å²) < 4.78 is 0. The van der Waals surface area contributed by atoms with E-state index >= 15 is 0 Å². The highest BCUT2D eigenvalue weighted by Gasteiger charge is 2.39. The molecule has 0 radical (unpaired) electrons. The van der Waals surface area contributed by atoms with Crippen LogP contribution >= 0.6 is 11.6 Å². The summed E-state index contributed by atoms with van der Waals surface area (Å²) in [6.07, 6.45) is 0.640. The van der Waals surface area contributed by atoms with E-state index in [4.69, 9.17) is 11.6 Å². The molecule has 0 aromatic heterocycles. The molecule has 0 fully saturated rings. The van der Waals surface area contributed by atoms with Gasteiger partial charge in [-0.25, -0.2) is 4.90 Å². The van der Waals surface area contributed by atoms with E-state index in [-0.39, 0.29) is 16.3 Å². The molecule has 1 N–H and O–H groups in total. The summed E-state index contributed by atoms with van der Waals surface area (Å²) in [5.74, 6) is -2.57. The van der Waals surface area contributed by atoms with Gasteiger partial charge in [0.25, 0.3) is 11.8 Å². The smallest absolute Gasteiger partial charge is 0.283 e. The number of benzene rings is 2. The van der Waals surface area contributed by atoms with E-state index in [0.717, 1.165) is 10.5 Å². The van der Waals surface area contributed by atoms with Gasteiger partial charge in [0.2, 0.25) is 0 Å². The maximum atomic E-state index is 12.8. The zero-order chi connectivity index (χ0) is 18.8. The third kappa shape index (κ3) is 3.07. The third-order valence-corrected chi connectivity index (χ3v) is 4.36. The Labute approximate surface area is 154 Å². The van der Waals surface area contributed by atoms with Gasteiger partial charge in [-0.2, -0.15) is 0 Å². The molecule has 0 aliphatic carbocycles. The van der Waals surface area contributed by atoms with Crippen molar-refractivity contribution in [3.8, 4) is 0 Å². The van der Waals surface area contributed by atoms with E-state index in [9.17, 15) is 19.5 Å². The Balaban J connectivity index is 1.94. The Kier molecular flexibility index (Phi) is 4.77. The molecule has 3 rings (SSSR count). The van der Waals surface area contributed by atoms with Crippen molar-refractivity contribution in [1.29, 1.82) is 0 Å². The molecule has 0 saturated carbocycles. The Morgan fingerprint density at radius 1 is 1.12 bits per heavy atom. The molecule has 0 unspecified atom stereocenters. The first kappa shape index (κ1) is 17.7. The van der Waals surface area contributed by atoms with Crippen LogP contribution in [0.15, 0.2) is 59.3 Å². The van der Waals surface area contributed by atoms with E-state index in [2.05, 4.69) is 5.32 Å². The quantitative estimate of drug-likeness (QED) is 0.815. The summed E-state index contributed by atoms with van der Waals surface area (Å²) in [6.45, 7) is 1.92.